The molecular formula is C11H23N3O. The van der Waals surface area contributed by atoms with Gasteiger partial charge in [0.05, 0.1) is 0 Å². The van der Waals surface area contributed by atoms with Crippen LogP contribution >= 0.6 is 0 Å². The molecule has 1 aliphatic rings. The van der Waals surface area contributed by atoms with E-state index in [1.165, 1.54) is 0 Å². The summed E-state index contributed by atoms with van der Waals surface area (Å²) in [6.07, 6.45) is 2.16. The van der Waals surface area contributed by atoms with E-state index in [0.717, 1.165) is 45.6 Å². The van der Waals surface area contributed by atoms with Crippen molar-refractivity contribution >= 4 is 6.03 Å². The third-order valence-corrected chi connectivity index (χ3v) is 3.17. The summed E-state index contributed by atoms with van der Waals surface area (Å²) in [5, 5.41) is 0. The highest BCUT2D eigenvalue weighted by Gasteiger charge is 2.27. The minimum Gasteiger partial charge on any atom is -0.330 e. The predicted molar refractivity (Wildman–Crippen MR) is 61.7 cm³/mol. The number of nitrogens with zero attached hydrogens (tertiary/aromatic N) is 2. The van der Waals surface area contributed by atoms with Crippen LogP contribution in [0.25, 0.3) is 0 Å². The highest BCUT2D eigenvalue weighted by atomic mass is 16.2. The number of urea groups is 1. The van der Waals surface area contributed by atoms with Crippen LogP contribution in [-0.2, 0) is 0 Å². The summed E-state index contributed by atoms with van der Waals surface area (Å²) in [6.45, 7) is 8.18. The van der Waals surface area contributed by atoms with Crippen LogP contribution in [0.4, 0.5) is 4.79 Å². The van der Waals surface area contributed by atoms with Crippen molar-refractivity contribution in [3.8, 4) is 0 Å². The number of amides is 2. The van der Waals surface area contributed by atoms with Crippen LogP contribution in [-0.4, -0.2) is 48.6 Å². The highest BCUT2D eigenvalue weighted by molar-refractivity contribution is 5.74. The van der Waals surface area contributed by atoms with E-state index in [1.54, 1.807) is 0 Å². The van der Waals surface area contributed by atoms with Gasteiger partial charge in [-0.25, -0.2) is 4.79 Å². The molecule has 1 aliphatic heterocycles. The zero-order valence-corrected chi connectivity index (χ0v) is 9.91. The Balaban J connectivity index is 2.42. The van der Waals surface area contributed by atoms with Crippen molar-refractivity contribution in [1.82, 2.24) is 9.80 Å². The lowest BCUT2D eigenvalue weighted by Crippen LogP contribution is -2.41. The van der Waals surface area contributed by atoms with Crippen molar-refractivity contribution < 1.29 is 4.79 Å². The molecule has 15 heavy (non-hydrogen) atoms. The molecule has 0 bridgehead atoms. The van der Waals surface area contributed by atoms with Crippen molar-refractivity contribution in [3.05, 3.63) is 0 Å². The van der Waals surface area contributed by atoms with Gasteiger partial charge in [-0.3, -0.25) is 0 Å². The molecule has 0 radical (unpaired) electrons. The lowest BCUT2D eigenvalue weighted by Gasteiger charge is -2.25. The molecule has 0 saturated carbocycles. The summed E-state index contributed by atoms with van der Waals surface area (Å²) in [5.74, 6) is 0.620. The topological polar surface area (TPSA) is 49.6 Å². The Kier molecular flexibility index (Phi) is 4.88. The van der Waals surface area contributed by atoms with Gasteiger partial charge >= 0.3 is 6.03 Å². The van der Waals surface area contributed by atoms with Crippen molar-refractivity contribution in [1.29, 1.82) is 0 Å². The Bertz CT molecular complexity index is 204. The first-order valence-electron chi connectivity index (χ1n) is 5.96. The van der Waals surface area contributed by atoms with Crippen LogP contribution in [0, 0.1) is 5.92 Å². The van der Waals surface area contributed by atoms with Crippen LogP contribution in [0.3, 0.4) is 0 Å². The maximum absolute atomic E-state index is 12.0. The van der Waals surface area contributed by atoms with Crippen LogP contribution in [0.5, 0.6) is 0 Å². The average Bonchev–Trinajstić information content (AvgIpc) is 2.68. The minimum absolute atomic E-state index is 0.194. The fourth-order valence-corrected chi connectivity index (χ4v) is 2.17. The molecule has 1 saturated heterocycles. The Hall–Kier alpha value is -0.770. The van der Waals surface area contributed by atoms with E-state index in [9.17, 15) is 4.79 Å². The number of likely N-dealkylation sites (tertiary alicyclic amines) is 1. The molecule has 2 amide bonds. The lowest BCUT2D eigenvalue weighted by atomic mass is 10.1. The Labute approximate surface area is 92.4 Å². The summed E-state index contributed by atoms with van der Waals surface area (Å²) in [4.78, 5) is 15.8. The van der Waals surface area contributed by atoms with Gasteiger partial charge in [-0.15, -0.1) is 0 Å². The second-order valence-electron chi connectivity index (χ2n) is 4.13. The lowest BCUT2D eigenvalue weighted by molar-refractivity contribution is 0.165. The number of carbonyl (C=O) groups is 1. The van der Waals surface area contributed by atoms with Gasteiger partial charge in [0, 0.05) is 26.2 Å². The van der Waals surface area contributed by atoms with Gasteiger partial charge in [0.15, 0.2) is 0 Å². The summed E-state index contributed by atoms with van der Waals surface area (Å²) in [5.41, 5.74) is 5.53. The van der Waals surface area contributed by atoms with Crippen LogP contribution in [0.15, 0.2) is 0 Å². The van der Waals surface area contributed by atoms with E-state index in [0.29, 0.717) is 5.92 Å². The van der Waals surface area contributed by atoms with Gasteiger partial charge < -0.3 is 15.5 Å². The van der Waals surface area contributed by atoms with Gasteiger partial charge in [0.1, 0.15) is 0 Å². The molecule has 1 unspecified atom stereocenters. The summed E-state index contributed by atoms with van der Waals surface area (Å²) >= 11 is 0. The molecular weight excluding hydrogens is 190 g/mol. The molecule has 2 N–H and O–H groups in total. The van der Waals surface area contributed by atoms with Gasteiger partial charge in [-0.1, -0.05) is 0 Å². The van der Waals surface area contributed by atoms with E-state index in [-0.39, 0.29) is 6.03 Å². The molecule has 0 aromatic heterocycles. The molecule has 1 heterocycles. The molecule has 4 nitrogen and oxygen atoms in total. The standard InChI is InChI=1S/C11H23N3O/c1-3-13(4-2)11(15)14-8-6-10(9-14)5-7-12/h10H,3-9,12H2,1-2H3. The molecule has 0 aliphatic carbocycles. The van der Waals surface area contributed by atoms with Crippen LogP contribution in [0.2, 0.25) is 0 Å². The molecule has 4 heteroatoms. The number of nitrogens with two attached hydrogens (primary N) is 1. The first-order chi connectivity index (χ1) is 7.22. The molecule has 1 atom stereocenters. The second kappa shape index (κ2) is 5.95. The molecule has 1 fully saturated rings. The Morgan fingerprint density at radius 2 is 2.13 bits per heavy atom. The average molecular weight is 213 g/mol. The first-order valence-corrected chi connectivity index (χ1v) is 5.96. The normalized spacial score (nSPS) is 20.7. The first kappa shape index (κ1) is 12.3. The third-order valence-electron chi connectivity index (χ3n) is 3.17. The van der Waals surface area contributed by atoms with Gasteiger partial charge in [-0.05, 0) is 39.2 Å². The van der Waals surface area contributed by atoms with Gasteiger partial charge in [-0.2, -0.15) is 0 Å². The summed E-state index contributed by atoms with van der Waals surface area (Å²) in [7, 11) is 0. The number of hydrogen-bond donors (Lipinski definition) is 1. The fraction of sp³-hybridized carbons (Fsp3) is 0.909. The largest absolute Gasteiger partial charge is 0.330 e. The summed E-state index contributed by atoms with van der Waals surface area (Å²) < 4.78 is 0. The zero-order chi connectivity index (χ0) is 11.3. The van der Waals surface area contributed by atoms with E-state index < -0.39 is 0 Å². The van der Waals surface area contributed by atoms with Gasteiger partial charge in [0.25, 0.3) is 0 Å². The smallest absolute Gasteiger partial charge is 0.319 e. The Morgan fingerprint density at radius 1 is 1.47 bits per heavy atom. The molecule has 0 spiro atoms. The predicted octanol–water partition coefficient (Wildman–Crippen LogP) is 1.12. The quantitative estimate of drug-likeness (QED) is 0.760. The van der Waals surface area contributed by atoms with E-state index in [4.69, 9.17) is 5.73 Å². The monoisotopic (exact) mass is 213 g/mol. The maximum atomic E-state index is 12.0. The number of hydrogen-bond acceptors (Lipinski definition) is 2. The molecule has 88 valence electrons. The van der Waals surface area contributed by atoms with Crippen molar-refractivity contribution in [2.45, 2.75) is 26.7 Å². The number of carbonyl (C=O) groups excluding carboxylic acids is 1. The maximum Gasteiger partial charge on any atom is 0.319 e. The number of rotatable bonds is 4. The third kappa shape index (κ3) is 3.09. The Morgan fingerprint density at radius 3 is 2.67 bits per heavy atom. The molecule has 0 aromatic rings. The fourth-order valence-electron chi connectivity index (χ4n) is 2.17. The van der Waals surface area contributed by atoms with Gasteiger partial charge in [0.2, 0.25) is 0 Å². The summed E-state index contributed by atoms with van der Waals surface area (Å²) in [6, 6.07) is 0.194. The van der Waals surface area contributed by atoms with Crippen LogP contribution < -0.4 is 5.73 Å². The van der Waals surface area contributed by atoms with Crippen LogP contribution in [0.1, 0.15) is 26.7 Å². The molecule has 0 aromatic carbocycles. The second-order valence-corrected chi connectivity index (χ2v) is 4.13. The molecule has 1 rings (SSSR count). The van der Waals surface area contributed by atoms with Crippen molar-refractivity contribution in [2.75, 3.05) is 32.7 Å². The SMILES string of the molecule is CCN(CC)C(=O)N1CCC(CCN)C1. The van der Waals surface area contributed by atoms with E-state index >= 15 is 0 Å². The highest BCUT2D eigenvalue weighted by Crippen LogP contribution is 2.19. The minimum atomic E-state index is 0.194. The van der Waals surface area contributed by atoms with Crippen molar-refractivity contribution in [2.24, 2.45) is 11.7 Å². The van der Waals surface area contributed by atoms with E-state index in [1.807, 2.05) is 23.6 Å². The van der Waals surface area contributed by atoms with Crippen molar-refractivity contribution in [3.63, 3.8) is 0 Å². The van der Waals surface area contributed by atoms with E-state index in [2.05, 4.69) is 0 Å². The zero-order valence-electron chi connectivity index (χ0n) is 9.91.